The molecule has 0 bridgehead atoms. The zero-order valence-corrected chi connectivity index (χ0v) is 12.9. The zero-order valence-electron chi connectivity index (χ0n) is 12.0. The van der Waals surface area contributed by atoms with E-state index < -0.39 is 16.1 Å². The molecule has 4 nitrogen and oxygen atoms in total. The minimum Gasteiger partial charge on any atom is -0.389 e. The maximum absolute atomic E-state index is 12.3. The molecule has 3 unspecified atom stereocenters. The molecule has 1 aliphatic carbocycles. The number of hydrogen-bond acceptors (Lipinski definition) is 3. The average Bonchev–Trinajstić information content (AvgIpc) is 2.82. The van der Waals surface area contributed by atoms with Crippen LogP contribution in [-0.2, 0) is 10.0 Å². The average molecular weight is 297 g/mol. The van der Waals surface area contributed by atoms with Crippen molar-refractivity contribution in [2.24, 2.45) is 11.8 Å². The summed E-state index contributed by atoms with van der Waals surface area (Å²) in [6.45, 7) is 4.31. The van der Waals surface area contributed by atoms with E-state index in [-0.39, 0.29) is 4.90 Å². The number of hydrogen-bond donors (Lipinski definition) is 2. The summed E-state index contributed by atoms with van der Waals surface area (Å²) in [5.74, 6) is 1.02. The van der Waals surface area contributed by atoms with Crippen molar-refractivity contribution in [2.45, 2.75) is 44.1 Å². The van der Waals surface area contributed by atoms with E-state index in [0.717, 1.165) is 6.42 Å². The van der Waals surface area contributed by atoms with Gasteiger partial charge in [-0.05, 0) is 42.9 Å². The Morgan fingerprint density at radius 2 is 2.15 bits per heavy atom. The smallest absolute Gasteiger partial charge is 0.240 e. The van der Waals surface area contributed by atoms with Gasteiger partial charge in [-0.25, -0.2) is 13.1 Å². The molecule has 112 valence electrons. The largest absolute Gasteiger partial charge is 0.389 e. The molecular formula is C15H23NO3S. The van der Waals surface area contributed by atoms with Gasteiger partial charge in [0.25, 0.3) is 0 Å². The molecule has 0 aliphatic heterocycles. The third kappa shape index (κ3) is 3.59. The fraction of sp³-hybridized carbons (Fsp3) is 0.600. The van der Waals surface area contributed by atoms with Gasteiger partial charge in [0.15, 0.2) is 0 Å². The lowest BCUT2D eigenvalue weighted by Crippen LogP contribution is -2.30. The van der Waals surface area contributed by atoms with Crippen LogP contribution in [0.1, 0.15) is 44.8 Å². The summed E-state index contributed by atoms with van der Waals surface area (Å²) in [5, 5.41) is 9.54. The number of nitrogens with one attached hydrogen (secondary N) is 1. The van der Waals surface area contributed by atoms with Crippen molar-refractivity contribution in [2.75, 3.05) is 6.54 Å². The predicted octanol–water partition coefficient (Wildman–Crippen LogP) is 2.45. The quantitative estimate of drug-likeness (QED) is 0.877. The monoisotopic (exact) mass is 297 g/mol. The molecule has 1 saturated carbocycles. The van der Waals surface area contributed by atoms with E-state index in [0.29, 0.717) is 23.9 Å². The molecule has 0 heterocycles. The molecule has 1 aromatic rings. The lowest BCUT2D eigenvalue weighted by Gasteiger charge is -2.16. The second kappa shape index (κ2) is 6.24. The van der Waals surface area contributed by atoms with Gasteiger partial charge in [-0.3, -0.25) is 0 Å². The van der Waals surface area contributed by atoms with Crippen LogP contribution in [0, 0.1) is 11.8 Å². The van der Waals surface area contributed by atoms with E-state index in [1.165, 1.54) is 18.9 Å². The first-order valence-corrected chi connectivity index (χ1v) is 8.66. The normalized spacial score (nSPS) is 24.8. The van der Waals surface area contributed by atoms with Crippen LogP contribution >= 0.6 is 0 Å². The summed E-state index contributed by atoms with van der Waals surface area (Å²) in [6.07, 6.45) is 2.80. The molecule has 0 saturated heterocycles. The number of aliphatic hydroxyl groups is 1. The Balaban J connectivity index is 2.08. The highest BCUT2D eigenvalue weighted by Gasteiger charge is 2.25. The fourth-order valence-electron chi connectivity index (χ4n) is 2.77. The minimum atomic E-state index is -3.49. The third-order valence-electron chi connectivity index (χ3n) is 4.23. The lowest BCUT2D eigenvalue weighted by molar-refractivity contribution is 0.199. The summed E-state index contributed by atoms with van der Waals surface area (Å²) in [4.78, 5) is 0.224. The molecule has 2 rings (SSSR count). The maximum atomic E-state index is 12.3. The first kappa shape index (κ1) is 15.5. The molecule has 2 N–H and O–H groups in total. The van der Waals surface area contributed by atoms with E-state index in [4.69, 9.17) is 0 Å². The molecule has 20 heavy (non-hydrogen) atoms. The standard InChI is InChI=1S/C15H23NO3S/c1-11-5-3-7-14(11)10-16-20(18,19)15-8-4-6-13(9-15)12(2)17/h4,6,8-9,11-12,14,16-17H,3,5,7,10H2,1-2H3. The molecule has 0 aromatic heterocycles. The van der Waals surface area contributed by atoms with Crippen molar-refractivity contribution in [3.63, 3.8) is 0 Å². The molecule has 1 fully saturated rings. The summed E-state index contributed by atoms with van der Waals surface area (Å²) in [6, 6.07) is 6.48. The Kier molecular flexibility index (Phi) is 4.83. The van der Waals surface area contributed by atoms with Crippen LogP contribution in [0.4, 0.5) is 0 Å². The summed E-state index contributed by atoms with van der Waals surface area (Å²) in [5.41, 5.74) is 0.613. The summed E-state index contributed by atoms with van der Waals surface area (Å²) in [7, 11) is -3.49. The van der Waals surface area contributed by atoms with Gasteiger partial charge in [0.05, 0.1) is 11.0 Å². The van der Waals surface area contributed by atoms with Crippen LogP contribution in [-0.4, -0.2) is 20.1 Å². The van der Waals surface area contributed by atoms with Gasteiger partial charge in [0.1, 0.15) is 0 Å². The zero-order chi connectivity index (χ0) is 14.8. The van der Waals surface area contributed by atoms with Crippen molar-refractivity contribution in [3.05, 3.63) is 29.8 Å². The van der Waals surface area contributed by atoms with E-state index in [9.17, 15) is 13.5 Å². The van der Waals surface area contributed by atoms with E-state index >= 15 is 0 Å². The summed E-state index contributed by atoms with van der Waals surface area (Å²) >= 11 is 0. The molecule has 1 aliphatic rings. The highest BCUT2D eigenvalue weighted by atomic mass is 32.2. The first-order valence-electron chi connectivity index (χ1n) is 7.18. The van der Waals surface area contributed by atoms with Gasteiger partial charge in [-0.2, -0.15) is 0 Å². The van der Waals surface area contributed by atoms with Crippen LogP contribution in [0.5, 0.6) is 0 Å². The van der Waals surface area contributed by atoms with Crippen molar-refractivity contribution in [1.82, 2.24) is 4.72 Å². The molecule has 0 radical (unpaired) electrons. The number of sulfonamides is 1. The molecular weight excluding hydrogens is 274 g/mol. The van der Waals surface area contributed by atoms with Gasteiger partial charge in [-0.15, -0.1) is 0 Å². The minimum absolute atomic E-state index is 0.224. The van der Waals surface area contributed by atoms with E-state index in [2.05, 4.69) is 11.6 Å². The second-order valence-corrected chi connectivity index (χ2v) is 7.54. The fourth-order valence-corrected chi connectivity index (χ4v) is 3.92. The Labute approximate surface area is 121 Å². The summed E-state index contributed by atoms with van der Waals surface area (Å²) < 4.78 is 27.3. The van der Waals surface area contributed by atoms with E-state index in [1.807, 2.05) is 0 Å². The molecule has 5 heteroatoms. The topological polar surface area (TPSA) is 66.4 Å². The van der Waals surface area contributed by atoms with Crippen molar-refractivity contribution in [3.8, 4) is 0 Å². The molecule has 0 spiro atoms. The van der Waals surface area contributed by atoms with Crippen molar-refractivity contribution in [1.29, 1.82) is 0 Å². The molecule has 1 aromatic carbocycles. The first-order chi connectivity index (χ1) is 9.40. The lowest BCUT2D eigenvalue weighted by atomic mass is 9.99. The third-order valence-corrected chi connectivity index (χ3v) is 5.65. The Hall–Kier alpha value is -0.910. The Bertz CT molecular complexity index is 554. The highest BCUT2D eigenvalue weighted by molar-refractivity contribution is 7.89. The van der Waals surface area contributed by atoms with Gasteiger partial charge in [-0.1, -0.05) is 31.9 Å². The highest BCUT2D eigenvalue weighted by Crippen LogP contribution is 2.30. The van der Waals surface area contributed by atoms with Crippen molar-refractivity contribution >= 4 is 10.0 Å². The predicted molar refractivity (Wildman–Crippen MR) is 78.8 cm³/mol. The van der Waals surface area contributed by atoms with Crippen LogP contribution in [0.3, 0.4) is 0 Å². The van der Waals surface area contributed by atoms with Gasteiger partial charge in [0.2, 0.25) is 10.0 Å². The number of benzene rings is 1. The van der Waals surface area contributed by atoms with Crippen molar-refractivity contribution < 1.29 is 13.5 Å². The number of rotatable bonds is 5. The van der Waals surface area contributed by atoms with Gasteiger partial charge in [0, 0.05) is 6.54 Å². The van der Waals surface area contributed by atoms with Crippen LogP contribution < -0.4 is 4.72 Å². The van der Waals surface area contributed by atoms with Gasteiger partial charge >= 0.3 is 0 Å². The second-order valence-electron chi connectivity index (χ2n) is 5.77. The maximum Gasteiger partial charge on any atom is 0.240 e. The molecule has 0 amide bonds. The van der Waals surface area contributed by atoms with Crippen LogP contribution in [0.25, 0.3) is 0 Å². The Morgan fingerprint density at radius 3 is 2.75 bits per heavy atom. The van der Waals surface area contributed by atoms with Crippen LogP contribution in [0.15, 0.2) is 29.2 Å². The number of aliphatic hydroxyl groups excluding tert-OH is 1. The van der Waals surface area contributed by atoms with E-state index in [1.54, 1.807) is 25.1 Å². The SMILES string of the molecule is CC(O)c1cccc(S(=O)(=O)NCC2CCCC2C)c1. The Morgan fingerprint density at radius 1 is 1.40 bits per heavy atom. The van der Waals surface area contributed by atoms with Crippen LogP contribution in [0.2, 0.25) is 0 Å². The molecule has 3 atom stereocenters. The van der Waals surface area contributed by atoms with Gasteiger partial charge < -0.3 is 5.11 Å².